The first-order valence-electron chi connectivity index (χ1n) is 8.08. The third-order valence-corrected chi connectivity index (χ3v) is 4.47. The van der Waals surface area contributed by atoms with Crippen LogP contribution in [0.1, 0.15) is 28.2 Å². The summed E-state index contributed by atoms with van der Waals surface area (Å²) in [7, 11) is 1.72. The number of aromatic nitrogens is 3. The lowest BCUT2D eigenvalue weighted by Crippen LogP contribution is -2.40. The average Bonchev–Trinajstić information content (AvgIpc) is 3.18. The number of carbonyl (C=O) groups excluding carboxylic acids is 1. The molecule has 7 heteroatoms. The van der Waals surface area contributed by atoms with E-state index in [4.69, 9.17) is 4.74 Å². The van der Waals surface area contributed by atoms with E-state index >= 15 is 0 Å². The van der Waals surface area contributed by atoms with Crippen LogP contribution < -0.4 is 10.2 Å². The Kier molecular flexibility index (Phi) is 4.80. The number of H-pyrrole nitrogens is 1. The standard InChI is InChI=1S/C17H23N5O2/c1-11-4-5-18-16(11)17(23)19-8-13-7-14(24-3)9-22(13)15-6-12(2)20-10-21-15/h4-6,10,13-14,18H,7-9H2,1-3H3,(H,19,23)/t13-,14-/m0/s1. The van der Waals surface area contributed by atoms with Gasteiger partial charge in [0.1, 0.15) is 17.8 Å². The molecular weight excluding hydrogens is 306 g/mol. The summed E-state index contributed by atoms with van der Waals surface area (Å²) in [6.07, 6.45) is 4.33. The second kappa shape index (κ2) is 7.00. The molecule has 0 spiro atoms. The van der Waals surface area contributed by atoms with E-state index in [1.807, 2.05) is 26.0 Å². The van der Waals surface area contributed by atoms with Gasteiger partial charge < -0.3 is 19.9 Å². The van der Waals surface area contributed by atoms with Crippen molar-refractivity contribution >= 4 is 11.7 Å². The van der Waals surface area contributed by atoms with Crippen LogP contribution in [-0.2, 0) is 4.74 Å². The minimum Gasteiger partial charge on any atom is -0.380 e. The molecule has 7 nitrogen and oxygen atoms in total. The highest BCUT2D eigenvalue weighted by molar-refractivity contribution is 5.93. The lowest BCUT2D eigenvalue weighted by molar-refractivity contribution is 0.0941. The van der Waals surface area contributed by atoms with Gasteiger partial charge in [-0.1, -0.05) is 0 Å². The van der Waals surface area contributed by atoms with E-state index in [1.54, 1.807) is 19.6 Å². The van der Waals surface area contributed by atoms with Gasteiger partial charge in [0.15, 0.2) is 0 Å². The predicted molar refractivity (Wildman–Crippen MR) is 91.2 cm³/mol. The van der Waals surface area contributed by atoms with Crippen molar-refractivity contribution in [3.05, 3.63) is 41.6 Å². The van der Waals surface area contributed by atoms with Crippen LogP contribution in [0.2, 0.25) is 0 Å². The summed E-state index contributed by atoms with van der Waals surface area (Å²) in [5.74, 6) is 0.787. The SMILES string of the molecule is CO[C@H]1C[C@@H](CNC(=O)c2[nH]ccc2C)N(c2cc(C)ncn2)C1. The molecule has 2 aromatic rings. The van der Waals surface area contributed by atoms with Crippen molar-refractivity contribution in [1.82, 2.24) is 20.3 Å². The highest BCUT2D eigenvalue weighted by atomic mass is 16.5. The highest BCUT2D eigenvalue weighted by Gasteiger charge is 2.33. The molecular formula is C17H23N5O2. The zero-order valence-corrected chi connectivity index (χ0v) is 14.2. The van der Waals surface area contributed by atoms with Gasteiger partial charge in [0.05, 0.1) is 12.1 Å². The molecule has 0 saturated carbocycles. The zero-order valence-electron chi connectivity index (χ0n) is 14.2. The number of ether oxygens (including phenoxy) is 1. The molecule has 3 heterocycles. The van der Waals surface area contributed by atoms with Gasteiger partial charge in [-0.05, 0) is 31.9 Å². The normalized spacial score (nSPS) is 20.4. The smallest absolute Gasteiger partial charge is 0.268 e. The Morgan fingerprint density at radius 3 is 2.96 bits per heavy atom. The first-order valence-corrected chi connectivity index (χ1v) is 8.08. The maximum absolute atomic E-state index is 12.3. The molecule has 2 aromatic heterocycles. The van der Waals surface area contributed by atoms with E-state index in [-0.39, 0.29) is 18.1 Å². The Morgan fingerprint density at radius 2 is 2.29 bits per heavy atom. The van der Waals surface area contributed by atoms with Crippen LogP contribution in [0, 0.1) is 13.8 Å². The number of methoxy groups -OCH3 is 1. The summed E-state index contributed by atoms with van der Waals surface area (Å²) in [5.41, 5.74) is 2.48. The zero-order chi connectivity index (χ0) is 17.1. The Labute approximate surface area is 141 Å². The van der Waals surface area contributed by atoms with E-state index < -0.39 is 0 Å². The highest BCUT2D eigenvalue weighted by Crippen LogP contribution is 2.25. The van der Waals surface area contributed by atoms with Crippen LogP contribution >= 0.6 is 0 Å². The summed E-state index contributed by atoms with van der Waals surface area (Å²) < 4.78 is 5.52. The molecule has 2 atom stereocenters. The lowest BCUT2D eigenvalue weighted by Gasteiger charge is -2.25. The molecule has 1 saturated heterocycles. The molecule has 1 aliphatic heterocycles. The van der Waals surface area contributed by atoms with Crippen molar-refractivity contribution in [3.8, 4) is 0 Å². The number of anilines is 1. The summed E-state index contributed by atoms with van der Waals surface area (Å²) >= 11 is 0. The average molecular weight is 329 g/mol. The molecule has 0 unspecified atom stereocenters. The van der Waals surface area contributed by atoms with E-state index in [0.29, 0.717) is 12.2 Å². The number of amides is 1. The fourth-order valence-electron chi connectivity index (χ4n) is 3.11. The Hall–Kier alpha value is -2.41. The third-order valence-electron chi connectivity index (χ3n) is 4.47. The van der Waals surface area contributed by atoms with Crippen molar-refractivity contribution in [2.75, 3.05) is 25.1 Å². The topological polar surface area (TPSA) is 83.1 Å². The fourth-order valence-corrected chi connectivity index (χ4v) is 3.11. The summed E-state index contributed by atoms with van der Waals surface area (Å²) in [5, 5.41) is 3.02. The first kappa shape index (κ1) is 16.4. The maximum atomic E-state index is 12.3. The van der Waals surface area contributed by atoms with Crippen LogP contribution in [0.3, 0.4) is 0 Å². The molecule has 0 aliphatic carbocycles. The van der Waals surface area contributed by atoms with Gasteiger partial charge in [-0.2, -0.15) is 0 Å². The Balaban J connectivity index is 1.70. The van der Waals surface area contributed by atoms with Crippen molar-refractivity contribution in [2.45, 2.75) is 32.4 Å². The Bertz CT molecular complexity index is 715. The van der Waals surface area contributed by atoms with Gasteiger partial charge in [0.25, 0.3) is 5.91 Å². The predicted octanol–water partition coefficient (Wildman–Crippen LogP) is 1.45. The number of aromatic amines is 1. The summed E-state index contributed by atoms with van der Waals surface area (Å²) in [4.78, 5) is 26.0. The molecule has 1 aliphatic rings. The summed E-state index contributed by atoms with van der Waals surface area (Å²) in [6.45, 7) is 5.16. The van der Waals surface area contributed by atoms with Crippen molar-refractivity contribution in [3.63, 3.8) is 0 Å². The minimum atomic E-state index is -0.0859. The molecule has 128 valence electrons. The first-order chi connectivity index (χ1) is 11.6. The van der Waals surface area contributed by atoms with Crippen LogP contribution in [0.5, 0.6) is 0 Å². The Morgan fingerprint density at radius 1 is 1.46 bits per heavy atom. The van der Waals surface area contributed by atoms with Crippen LogP contribution in [0.25, 0.3) is 0 Å². The van der Waals surface area contributed by atoms with Crippen LogP contribution in [-0.4, -0.2) is 53.2 Å². The number of carbonyl (C=O) groups is 1. The molecule has 24 heavy (non-hydrogen) atoms. The number of aryl methyl sites for hydroxylation is 2. The molecule has 0 radical (unpaired) electrons. The fraction of sp³-hybridized carbons (Fsp3) is 0.471. The monoisotopic (exact) mass is 329 g/mol. The quantitative estimate of drug-likeness (QED) is 0.867. The molecule has 1 fully saturated rings. The van der Waals surface area contributed by atoms with Gasteiger partial charge in [-0.25, -0.2) is 9.97 Å². The van der Waals surface area contributed by atoms with Crippen LogP contribution in [0.15, 0.2) is 24.7 Å². The van der Waals surface area contributed by atoms with Crippen LogP contribution in [0.4, 0.5) is 5.82 Å². The van der Waals surface area contributed by atoms with E-state index in [1.165, 1.54) is 0 Å². The molecule has 3 rings (SSSR count). The number of nitrogens with zero attached hydrogens (tertiary/aromatic N) is 3. The lowest BCUT2D eigenvalue weighted by atomic mass is 10.2. The molecule has 1 amide bonds. The number of hydrogen-bond acceptors (Lipinski definition) is 5. The van der Waals surface area contributed by atoms with E-state index in [9.17, 15) is 4.79 Å². The molecule has 0 bridgehead atoms. The molecule has 2 N–H and O–H groups in total. The van der Waals surface area contributed by atoms with Crippen molar-refractivity contribution in [1.29, 1.82) is 0 Å². The van der Waals surface area contributed by atoms with Gasteiger partial charge in [-0.15, -0.1) is 0 Å². The maximum Gasteiger partial charge on any atom is 0.268 e. The van der Waals surface area contributed by atoms with Gasteiger partial charge in [0.2, 0.25) is 0 Å². The minimum absolute atomic E-state index is 0.0859. The summed E-state index contributed by atoms with van der Waals surface area (Å²) in [6, 6.07) is 3.99. The van der Waals surface area contributed by atoms with E-state index in [0.717, 1.165) is 30.0 Å². The molecule has 0 aromatic carbocycles. The second-order valence-electron chi connectivity index (χ2n) is 6.16. The number of nitrogens with one attached hydrogen (secondary N) is 2. The number of rotatable bonds is 5. The van der Waals surface area contributed by atoms with E-state index in [2.05, 4.69) is 25.2 Å². The van der Waals surface area contributed by atoms with Gasteiger partial charge in [-0.3, -0.25) is 4.79 Å². The van der Waals surface area contributed by atoms with Gasteiger partial charge in [0, 0.05) is 38.2 Å². The van der Waals surface area contributed by atoms with Crippen molar-refractivity contribution in [2.24, 2.45) is 0 Å². The largest absolute Gasteiger partial charge is 0.380 e. The number of hydrogen-bond donors (Lipinski definition) is 2. The van der Waals surface area contributed by atoms with Gasteiger partial charge >= 0.3 is 0 Å². The van der Waals surface area contributed by atoms with Crippen molar-refractivity contribution < 1.29 is 9.53 Å². The second-order valence-corrected chi connectivity index (χ2v) is 6.16. The third kappa shape index (κ3) is 3.41.